The first-order valence-corrected chi connectivity index (χ1v) is 6.45. The van der Waals surface area contributed by atoms with Crippen molar-refractivity contribution in [2.24, 2.45) is 0 Å². The predicted octanol–water partition coefficient (Wildman–Crippen LogP) is 0.366. The first kappa shape index (κ1) is 13.2. The summed E-state index contributed by atoms with van der Waals surface area (Å²) in [5, 5.41) is 16.5. The van der Waals surface area contributed by atoms with E-state index in [4.69, 9.17) is 5.11 Å². The van der Waals surface area contributed by atoms with Crippen molar-refractivity contribution in [1.82, 2.24) is 24.4 Å². The molecule has 0 aliphatic carbocycles. The van der Waals surface area contributed by atoms with Gasteiger partial charge in [0.05, 0.1) is 24.2 Å². The number of aromatic nitrogens is 5. The fourth-order valence-electron chi connectivity index (χ4n) is 2.09. The molecule has 21 heavy (non-hydrogen) atoms. The molecule has 3 rings (SSSR count). The summed E-state index contributed by atoms with van der Waals surface area (Å²) in [6, 6.07) is 9.22. The maximum Gasteiger partial charge on any atom is 0.370 e. The Bertz CT molecular complexity index is 835. The van der Waals surface area contributed by atoms with Crippen LogP contribution in [0.1, 0.15) is 5.69 Å². The van der Waals surface area contributed by atoms with Gasteiger partial charge in [-0.1, -0.05) is 30.4 Å². The van der Waals surface area contributed by atoms with Gasteiger partial charge in [-0.05, 0) is 12.1 Å². The molecular formula is C14H13N5O2. The van der Waals surface area contributed by atoms with Crippen LogP contribution in [0.5, 0.6) is 0 Å². The highest BCUT2D eigenvalue weighted by Gasteiger charge is 2.12. The lowest BCUT2D eigenvalue weighted by atomic mass is 10.3. The smallest absolute Gasteiger partial charge is 0.370 e. The van der Waals surface area contributed by atoms with Crippen LogP contribution in [0.4, 0.5) is 0 Å². The van der Waals surface area contributed by atoms with E-state index >= 15 is 0 Å². The molecule has 0 aliphatic rings. The Kier molecular flexibility index (Phi) is 3.57. The van der Waals surface area contributed by atoms with Crippen LogP contribution in [-0.2, 0) is 6.42 Å². The number of aliphatic hydroxyl groups is 1. The highest BCUT2D eigenvalue weighted by Crippen LogP contribution is 2.08. The second kappa shape index (κ2) is 5.68. The minimum absolute atomic E-state index is 0.0307. The number of hydrogen-bond acceptors (Lipinski definition) is 5. The SMILES string of the molecule is O=c1nc2nncc(CC=CCO)n2n1-c1ccccc1. The van der Waals surface area contributed by atoms with Crippen molar-refractivity contribution in [1.29, 1.82) is 0 Å². The molecule has 0 bridgehead atoms. The molecule has 3 aromatic rings. The number of rotatable bonds is 4. The zero-order valence-electron chi connectivity index (χ0n) is 11.1. The minimum atomic E-state index is -0.408. The van der Waals surface area contributed by atoms with Crippen molar-refractivity contribution in [2.75, 3.05) is 6.61 Å². The molecule has 0 atom stereocenters. The van der Waals surface area contributed by atoms with Crippen molar-refractivity contribution in [2.45, 2.75) is 6.42 Å². The monoisotopic (exact) mass is 283 g/mol. The maximum absolute atomic E-state index is 12.1. The molecule has 1 aromatic carbocycles. The van der Waals surface area contributed by atoms with E-state index in [0.717, 1.165) is 5.69 Å². The quantitative estimate of drug-likeness (QED) is 0.699. The van der Waals surface area contributed by atoms with Crippen LogP contribution in [0.3, 0.4) is 0 Å². The fraction of sp³-hybridized carbons (Fsp3) is 0.143. The third-order valence-electron chi connectivity index (χ3n) is 2.99. The number of benzene rings is 1. The van der Waals surface area contributed by atoms with Gasteiger partial charge in [0.15, 0.2) is 0 Å². The van der Waals surface area contributed by atoms with Crippen LogP contribution in [0.25, 0.3) is 11.5 Å². The molecule has 7 heteroatoms. The van der Waals surface area contributed by atoms with Crippen LogP contribution >= 0.6 is 0 Å². The molecule has 0 amide bonds. The largest absolute Gasteiger partial charge is 0.392 e. The van der Waals surface area contributed by atoms with Gasteiger partial charge < -0.3 is 5.11 Å². The number of allylic oxidation sites excluding steroid dienone is 1. The topological polar surface area (TPSA) is 85.3 Å². The van der Waals surface area contributed by atoms with Crippen molar-refractivity contribution >= 4 is 5.78 Å². The van der Waals surface area contributed by atoms with E-state index in [2.05, 4.69) is 15.2 Å². The lowest BCUT2D eigenvalue weighted by Crippen LogP contribution is -2.20. The predicted molar refractivity (Wildman–Crippen MR) is 76.3 cm³/mol. The van der Waals surface area contributed by atoms with E-state index in [1.807, 2.05) is 30.3 Å². The normalized spacial score (nSPS) is 11.5. The van der Waals surface area contributed by atoms with Crippen LogP contribution in [0.2, 0.25) is 0 Å². The summed E-state index contributed by atoms with van der Waals surface area (Å²) < 4.78 is 3.08. The number of nitrogens with zero attached hydrogens (tertiary/aromatic N) is 5. The molecule has 0 spiro atoms. The van der Waals surface area contributed by atoms with Gasteiger partial charge in [0.1, 0.15) is 0 Å². The van der Waals surface area contributed by atoms with Crippen molar-refractivity contribution in [3.05, 3.63) is 64.9 Å². The summed E-state index contributed by atoms with van der Waals surface area (Å²) in [5.41, 5.74) is 1.05. The second-order valence-electron chi connectivity index (χ2n) is 4.35. The Morgan fingerprint density at radius 2 is 2.00 bits per heavy atom. The Balaban J connectivity index is 2.22. The van der Waals surface area contributed by atoms with Gasteiger partial charge in [-0.25, -0.2) is 9.31 Å². The summed E-state index contributed by atoms with van der Waals surface area (Å²) >= 11 is 0. The molecule has 7 nitrogen and oxygen atoms in total. The van der Waals surface area contributed by atoms with E-state index < -0.39 is 5.69 Å². The molecule has 2 heterocycles. The Labute approximate surface area is 119 Å². The van der Waals surface area contributed by atoms with E-state index in [0.29, 0.717) is 12.1 Å². The molecule has 0 radical (unpaired) electrons. The van der Waals surface area contributed by atoms with Gasteiger partial charge in [0.25, 0.3) is 5.78 Å². The van der Waals surface area contributed by atoms with Gasteiger partial charge in [-0.15, -0.1) is 5.10 Å². The first-order valence-electron chi connectivity index (χ1n) is 6.45. The molecular weight excluding hydrogens is 270 g/mol. The van der Waals surface area contributed by atoms with E-state index in [1.54, 1.807) is 22.9 Å². The van der Waals surface area contributed by atoms with E-state index in [1.165, 1.54) is 4.68 Å². The standard InChI is InChI=1S/C14H13N5O2/c20-9-5-4-8-12-10-15-17-13-16-14(21)19(18(12)13)11-6-2-1-3-7-11/h1-7,10,20H,8-9H2. The Morgan fingerprint density at radius 1 is 1.19 bits per heavy atom. The Morgan fingerprint density at radius 3 is 2.76 bits per heavy atom. The van der Waals surface area contributed by atoms with Gasteiger partial charge in [0.2, 0.25) is 0 Å². The summed E-state index contributed by atoms with van der Waals surface area (Å²) in [6.45, 7) is -0.0307. The minimum Gasteiger partial charge on any atom is -0.392 e. The molecule has 0 saturated carbocycles. The van der Waals surface area contributed by atoms with Crippen LogP contribution in [0.15, 0.2) is 53.5 Å². The molecule has 0 aliphatic heterocycles. The summed E-state index contributed by atoms with van der Waals surface area (Å²) in [6.07, 6.45) is 5.52. The van der Waals surface area contributed by atoms with Gasteiger partial charge in [0, 0.05) is 6.42 Å². The third kappa shape index (κ3) is 2.46. The summed E-state index contributed by atoms with van der Waals surface area (Å²) in [7, 11) is 0. The number of hydrogen-bond donors (Lipinski definition) is 1. The highest BCUT2D eigenvalue weighted by atomic mass is 16.2. The zero-order chi connectivity index (χ0) is 14.7. The van der Waals surface area contributed by atoms with E-state index in [9.17, 15) is 4.79 Å². The zero-order valence-corrected chi connectivity index (χ0v) is 11.1. The molecule has 0 saturated heterocycles. The molecule has 2 aromatic heterocycles. The van der Waals surface area contributed by atoms with Gasteiger partial charge in [-0.2, -0.15) is 14.8 Å². The maximum atomic E-state index is 12.1. The lowest BCUT2D eigenvalue weighted by molar-refractivity contribution is 0.342. The molecule has 0 fully saturated rings. The molecule has 106 valence electrons. The van der Waals surface area contributed by atoms with E-state index in [-0.39, 0.29) is 12.4 Å². The average molecular weight is 283 g/mol. The molecule has 1 N–H and O–H groups in total. The fourth-order valence-corrected chi connectivity index (χ4v) is 2.09. The van der Waals surface area contributed by atoms with Gasteiger partial charge in [-0.3, -0.25) is 0 Å². The number of para-hydroxylation sites is 1. The lowest BCUT2D eigenvalue weighted by Gasteiger charge is -2.07. The average Bonchev–Trinajstić information content (AvgIpc) is 2.85. The molecule has 0 unspecified atom stereocenters. The van der Waals surface area contributed by atoms with Crippen LogP contribution in [0, 0.1) is 0 Å². The first-order chi connectivity index (χ1) is 10.3. The Hall–Kier alpha value is -2.80. The number of fused-ring (bicyclic) bond motifs is 1. The second-order valence-corrected chi connectivity index (χ2v) is 4.35. The number of aliphatic hydroxyl groups excluding tert-OH is 1. The third-order valence-corrected chi connectivity index (χ3v) is 2.99. The van der Waals surface area contributed by atoms with Crippen molar-refractivity contribution < 1.29 is 5.11 Å². The van der Waals surface area contributed by atoms with Gasteiger partial charge >= 0.3 is 5.69 Å². The summed E-state index contributed by atoms with van der Waals surface area (Å²) in [5.74, 6) is 0.249. The van der Waals surface area contributed by atoms with Crippen LogP contribution < -0.4 is 5.69 Å². The van der Waals surface area contributed by atoms with Crippen molar-refractivity contribution in [3.63, 3.8) is 0 Å². The van der Waals surface area contributed by atoms with Crippen molar-refractivity contribution in [3.8, 4) is 5.69 Å². The highest BCUT2D eigenvalue weighted by molar-refractivity contribution is 5.35. The summed E-state index contributed by atoms with van der Waals surface area (Å²) in [4.78, 5) is 16.0. The van der Waals surface area contributed by atoms with Crippen LogP contribution in [-0.4, -0.2) is 36.1 Å².